The molecule has 1 rings (SSSR count). The van der Waals surface area contributed by atoms with E-state index in [9.17, 15) is 9.59 Å². The van der Waals surface area contributed by atoms with Gasteiger partial charge in [-0.1, -0.05) is 29.3 Å². The number of carbonyl (C=O) groups excluding carboxylic acids is 2. The number of aldehydes is 1. The molecule has 0 saturated carbocycles. The van der Waals surface area contributed by atoms with Crippen LogP contribution in [0.2, 0.25) is 0 Å². The van der Waals surface area contributed by atoms with E-state index in [-0.39, 0.29) is 5.91 Å². The predicted octanol–water partition coefficient (Wildman–Crippen LogP) is 3.25. The minimum absolute atomic E-state index is 0.169. The zero-order valence-corrected chi connectivity index (χ0v) is 13.6. The van der Waals surface area contributed by atoms with E-state index in [2.05, 4.69) is 28.2 Å². The standard InChI is InChI=1S/C15H20BrNO3/c1-4-5-6-17-15(19)11(3)20-14-10(2)7-13(16)8-12(14)9-18/h7-9,11H,4-6H2,1-3H3,(H,17,19). The topological polar surface area (TPSA) is 55.4 Å². The maximum Gasteiger partial charge on any atom is 0.260 e. The third-order valence-electron chi connectivity index (χ3n) is 2.89. The first-order valence-electron chi connectivity index (χ1n) is 6.69. The van der Waals surface area contributed by atoms with Gasteiger partial charge in [-0.25, -0.2) is 0 Å². The van der Waals surface area contributed by atoms with Crippen molar-refractivity contribution in [1.29, 1.82) is 0 Å². The number of hydrogen-bond donors (Lipinski definition) is 1. The molecule has 110 valence electrons. The van der Waals surface area contributed by atoms with E-state index in [0.717, 1.165) is 29.2 Å². The lowest BCUT2D eigenvalue weighted by Crippen LogP contribution is -2.37. The highest BCUT2D eigenvalue weighted by Gasteiger charge is 2.17. The lowest BCUT2D eigenvalue weighted by Gasteiger charge is -2.17. The summed E-state index contributed by atoms with van der Waals surface area (Å²) in [6, 6.07) is 3.53. The molecule has 1 atom stereocenters. The summed E-state index contributed by atoms with van der Waals surface area (Å²) in [4.78, 5) is 23.0. The molecule has 1 N–H and O–H groups in total. The second-order valence-electron chi connectivity index (χ2n) is 4.66. The van der Waals surface area contributed by atoms with E-state index in [4.69, 9.17) is 4.74 Å². The largest absolute Gasteiger partial charge is 0.480 e. The lowest BCUT2D eigenvalue weighted by atomic mass is 10.1. The molecule has 0 bridgehead atoms. The Balaban J connectivity index is 2.77. The van der Waals surface area contributed by atoms with Gasteiger partial charge in [-0.15, -0.1) is 0 Å². The summed E-state index contributed by atoms with van der Waals surface area (Å²) in [5.74, 6) is 0.291. The lowest BCUT2D eigenvalue weighted by molar-refractivity contribution is -0.127. The van der Waals surface area contributed by atoms with Crippen LogP contribution in [0.3, 0.4) is 0 Å². The van der Waals surface area contributed by atoms with Crippen molar-refractivity contribution in [1.82, 2.24) is 5.32 Å². The van der Waals surface area contributed by atoms with Crippen molar-refractivity contribution in [3.63, 3.8) is 0 Å². The summed E-state index contributed by atoms with van der Waals surface area (Å²) >= 11 is 3.33. The molecule has 1 aromatic rings. The quantitative estimate of drug-likeness (QED) is 0.611. The third-order valence-corrected chi connectivity index (χ3v) is 3.35. The number of benzene rings is 1. The maximum absolute atomic E-state index is 11.9. The van der Waals surface area contributed by atoms with E-state index in [1.165, 1.54) is 0 Å². The molecule has 0 fully saturated rings. The molecule has 0 radical (unpaired) electrons. The van der Waals surface area contributed by atoms with Gasteiger partial charge in [-0.3, -0.25) is 9.59 Å². The average molecular weight is 342 g/mol. The predicted molar refractivity (Wildman–Crippen MR) is 82.3 cm³/mol. The molecular weight excluding hydrogens is 322 g/mol. The Kier molecular flexibility index (Phi) is 6.71. The van der Waals surface area contributed by atoms with Crippen LogP contribution in [0.5, 0.6) is 5.75 Å². The third kappa shape index (κ3) is 4.63. The van der Waals surface area contributed by atoms with E-state index in [1.807, 2.05) is 13.0 Å². The summed E-state index contributed by atoms with van der Waals surface area (Å²) in [5, 5.41) is 2.81. The minimum Gasteiger partial charge on any atom is -0.480 e. The molecule has 0 aliphatic heterocycles. The first-order valence-corrected chi connectivity index (χ1v) is 7.48. The van der Waals surface area contributed by atoms with Crippen molar-refractivity contribution in [2.24, 2.45) is 0 Å². The van der Waals surface area contributed by atoms with Crippen LogP contribution < -0.4 is 10.1 Å². The van der Waals surface area contributed by atoms with Gasteiger partial charge in [0.2, 0.25) is 0 Å². The van der Waals surface area contributed by atoms with Gasteiger partial charge in [0, 0.05) is 11.0 Å². The van der Waals surface area contributed by atoms with Crippen molar-refractivity contribution in [3.05, 3.63) is 27.7 Å². The Labute approximate surface area is 128 Å². The van der Waals surface area contributed by atoms with Gasteiger partial charge in [0.15, 0.2) is 12.4 Å². The van der Waals surface area contributed by atoms with Crippen LogP contribution in [-0.4, -0.2) is 24.8 Å². The Hall–Kier alpha value is -1.36. The number of carbonyl (C=O) groups is 2. The molecule has 0 aliphatic rings. The number of rotatable bonds is 7. The summed E-state index contributed by atoms with van der Waals surface area (Å²) < 4.78 is 6.46. The van der Waals surface area contributed by atoms with Crippen molar-refractivity contribution in [2.75, 3.05) is 6.54 Å². The van der Waals surface area contributed by atoms with Gasteiger partial charge >= 0.3 is 0 Å². The van der Waals surface area contributed by atoms with Crippen LogP contribution in [0.25, 0.3) is 0 Å². The molecule has 0 spiro atoms. The number of amides is 1. The SMILES string of the molecule is CCCCNC(=O)C(C)Oc1c(C)cc(Br)cc1C=O. The maximum atomic E-state index is 11.9. The number of halogens is 1. The average Bonchev–Trinajstić information content (AvgIpc) is 2.41. The molecule has 4 nitrogen and oxygen atoms in total. The highest BCUT2D eigenvalue weighted by molar-refractivity contribution is 9.10. The number of aryl methyl sites for hydroxylation is 1. The molecule has 0 aromatic heterocycles. The molecule has 1 unspecified atom stereocenters. The fourth-order valence-electron chi connectivity index (χ4n) is 1.77. The second-order valence-corrected chi connectivity index (χ2v) is 5.58. The molecule has 1 amide bonds. The van der Waals surface area contributed by atoms with Crippen LogP contribution in [0.15, 0.2) is 16.6 Å². The molecule has 5 heteroatoms. The van der Waals surface area contributed by atoms with Gasteiger partial charge in [-0.2, -0.15) is 0 Å². The summed E-state index contributed by atoms with van der Waals surface area (Å²) in [5.41, 5.74) is 1.25. The van der Waals surface area contributed by atoms with Crippen LogP contribution in [0, 0.1) is 6.92 Å². The number of nitrogens with one attached hydrogen (secondary N) is 1. The minimum atomic E-state index is -0.634. The van der Waals surface area contributed by atoms with E-state index in [0.29, 0.717) is 17.9 Å². The summed E-state index contributed by atoms with van der Waals surface area (Å²) in [7, 11) is 0. The first-order chi connectivity index (χ1) is 9.49. The van der Waals surface area contributed by atoms with Crippen molar-refractivity contribution in [3.8, 4) is 5.75 Å². The Morgan fingerprint density at radius 3 is 2.80 bits per heavy atom. The van der Waals surface area contributed by atoms with Crippen LogP contribution in [0.1, 0.15) is 42.6 Å². The molecule has 20 heavy (non-hydrogen) atoms. The zero-order valence-electron chi connectivity index (χ0n) is 12.0. The van der Waals surface area contributed by atoms with Crippen LogP contribution >= 0.6 is 15.9 Å². The number of unbranched alkanes of at least 4 members (excludes halogenated alkanes) is 1. The van der Waals surface area contributed by atoms with Gasteiger partial charge in [0.05, 0.1) is 5.56 Å². The van der Waals surface area contributed by atoms with Gasteiger partial charge in [-0.05, 0) is 38.0 Å². The molecule has 1 aromatic carbocycles. The normalized spacial score (nSPS) is 11.8. The first kappa shape index (κ1) is 16.7. The second kappa shape index (κ2) is 8.04. The van der Waals surface area contributed by atoms with Gasteiger partial charge in [0.1, 0.15) is 5.75 Å². The molecule has 0 saturated heterocycles. The van der Waals surface area contributed by atoms with Crippen LogP contribution in [-0.2, 0) is 4.79 Å². The zero-order chi connectivity index (χ0) is 15.1. The molecule has 0 heterocycles. The Morgan fingerprint density at radius 1 is 1.50 bits per heavy atom. The van der Waals surface area contributed by atoms with Gasteiger partial charge in [0.25, 0.3) is 5.91 Å². The highest BCUT2D eigenvalue weighted by atomic mass is 79.9. The van der Waals surface area contributed by atoms with E-state index >= 15 is 0 Å². The van der Waals surface area contributed by atoms with E-state index in [1.54, 1.807) is 13.0 Å². The monoisotopic (exact) mass is 341 g/mol. The van der Waals surface area contributed by atoms with Crippen molar-refractivity contribution in [2.45, 2.75) is 39.7 Å². The van der Waals surface area contributed by atoms with E-state index < -0.39 is 6.10 Å². The number of hydrogen-bond acceptors (Lipinski definition) is 3. The van der Waals surface area contributed by atoms with Crippen LogP contribution in [0.4, 0.5) is 0 Å². The Morgan fingerprint density at radius 2 is 2.20 bits per heavy atom. The molecular formula is C15H20BrNO3. The summed E-state index contributed by atoms with van der Waals surface area (Å²) in [6.07, 6.45) is 2.06. The fraction of sp³-hybridized carbons (Fsp3) is 0.467. The smallest absolute Gasteiger partial charge is 0.260 e. The number of ether oxygens (including phenoxy) is 1. The van der Waals surface area contributed by atoms with Crippen molar-refractivity contribution >= 4 is 28.1 Å². The highest BCUT2D eigenvalue weighted by Crippen LogP contribution is 2.27. The summed E-state index contributed by atoms with van der Waals surface area (Å²) in [6.45, 7) is 6.22. The van der Waals surface area contributed by atoms with Gasteiger partial charge < -0.3 is 10.1 Å². The Bertz CT molecular complexity index is 488. The fourth-order valence-corrected chi connectivity index (χ4v) is 2.36. The molecule has 0 aliphatic carbocycles. The van der Waals surface area contributed by atoms with Crippen molar-refractivity contribution < 1.29 is 14.3 Å².